The summed E-state index contributed by atoms with van der Waals surface area (Å²) in [6.07, 6.45) is 0.919. The Balaban J connectivity index is 2.55. The zero-order chi connectivity index (χ0) is 13.2. The van der Waals surface area contributed by atoms with Crippen molar-refractivity contribution in [3.05, 3.63) is 12.2 Å². The Morgan fingerprint density at radius 1 is 1.29 bits per heavy atom. The molecular formula is C11H16N2O4. The van der Waals surface area contributed by atoms with Crippen LogP contribution in [0.4, 0.5) is 4.79 Å². The number of nitrogens with zero attached hydrogens (tertiary/aromatic N) is 1. The first kappa shape index (κ1) is 13.2. The molecule has 3 amide bonds. The standard InChI is InChI=1S/C11H16N2O4/c1-7(12-10(16)17-11(2,3)4)13-8(14)5-6-9(13)15/h5-7H,1-4H3,(H,12,16). The number of nitrogens with one attached hydrogen (secondary N) is 1. The number of rotatable bonds is 2. The van der Waals surface area contributed by atoms with E-state index in [1.165, 1.54) is 6.92 Å². The lowest BCUT2D eigenvalue weighted by molar-refractivity contribution is -0.139. The molecule has 6 heteroatoms. The Hall–Kier alpha value is -1.85. The molecule has 0 saturated carbocycles. The van der Waals surface area contributed by atoms with Crippen LogP contribution in [0.3, 0.4) is 0 Å². The minimum atomic E-state index is -0.736. The van der Waals surface area contributed by atoms with Crippen LogP contribution in [-0.2, 0) is 14.3 Å². The van der Waals surface area contributed by atoms with Crippen LogP contribution < -0.4 is 5.32 Å². The van der Waals surface area contributed by atoms with E-state index >= 15 is 0 Å². The average molecular weight is 240 g/mol. The molecule has 0 aromatic rings. The van der Waals surface area contributed by atoms with Crippen LogP contribution in [0.5, 0.6) is 0 Å². The van der Waals surface area contributed by atoms with Crippen LogP contribution in [-0.4, -0.2) is 34.6 Å². The summed E-state index contributed by atoms with van der Waals surface area (Å²) in [5.74, 6) is -0.892. The minimum Gasteiger partial charge on any atom is -0.444 e. The number of carbonyl (C=O) groups is 3. The summed E-state index contributed by atoms with van der Waals surface area (Å²) < 4.78 is 5.02. The van der Waals surface area contributed by atoms with Gasteiger partial charge in [0, 0.05) is 12.2 Å². The number of carbonyl (C=O) groups excluding carboxylic acids is 3. The molecule has 6 nitrogen and oxygen atoms in total. The number of hydrogen-bond acceptors (Lipinski definition) is 4. The average Bonchev–Trinajstić information content (AvgIpc) is 2.42. The highest BCUT2D eigenvalue weighted by molar-refractivity contribution is 6.13. The second kappa shape index (κ2) is 4.57. The SMILES string of the molecule is CC(NC(=O)OC(C)(C)C)N1C(=O)C=CC1=O. The number of imide groups is 1. The lowest BCUT2D eigenvalue weighted by Gasteiger charge is -2.26. The summed E-state index contributed by atoms with van der Waals surface area (Å²) in [6.45, 7) is 6.72. The molecule has 1 heterocycles. The highest BCUT2D eigenvalue weighted by Gasteiger charge is 2.30. The van der Waals surface area contributed by atoms with Crippen LogP contribution in [0.2, 0.25) is 0 Å². The summed E-state index contributed by atoms with van der Waals surface area (Å²) in [5.41, 5.74) is -0.624. The summed E-state index contributed by atoms with van der Waals surface area (Å²) in [6, 6.07) is 0. The van der Waals surface area contributed by atoms with Gasteiger partial charge in [-0.2, -0.15) is 0 Å². The number of amides is 3. The Morgan fingerprint density at radius 2 is 1.76 bits per heavy atom. The van der Waals surface area contributed by atoms with Crippen molar-refractivity contribution < 1.29 is 19.1 Å². The fraction of sp³-hybridized carbons (Fsp3) is 0.545. The first-order valence-electron chi connectivity index (χ1n) is 5.25. The van der Waals surface area contributed by atoms with Gasteiger partial charge in [0.15, 0.2) is 0 Å². The molecule has 1 atom stereocenters. The van der Waals surface area contributed by atoms with E-state index < -0.39 is 29.7 Å². The molecule has 17 heavy (non-hydrogen) atoms. The third-order valence-corrected chi connectivity index (χ3v) is 1.96. The van der Waals surface area contributed by atoms with Crippen LogP contribution >= 0.6 is 0 Å². The molecule has 0 bridgehead atoms. The summed E-state index contributed by atoms with van der Waals surface area (Å²) >= 11 is 0. The summed E-state index contributed by atoms with van der Waals surface area (Å²) in [7, 11) is 0. The first-order valence-corrected chi connectivity index (χ1v) is 5.25. The molecule has 0 fully saturated rings. The van der Waals surface area contributed by atoms with Crippen molar-refractivity contribution in [3.8, 4) is 0 Å². The maximum Gasteiger partial charge on any atom is 0.409 e. The van der Waals surface area contributed by atoms with E-state index in [0.717, 1.165) is 17.1 Å². The van der Waals surface area contributed by atoms with Gasteiger partial charge >= 0.3 is 6.09 Å². The Labute approximate surface area is 99.6 Å². The largest absolute Gasteiger partial charge is 0.444 e. The van der Waals surface area contributed by atoms with Crippen molar-refractivity contribution >= 4 is 17.9 Å². The molecule has 1 N–H and O–H groups in total. The normalized spacial score (nSPS) is 17.3. The topological polar surface area (TPSA) is 75.7 Å². The van der Waals surface area contributed by atoms with Gasteiger partial charge in [-0.3, -0.25) is 14.5 Å². The first-order chi connectivity index (χ1) is 7.70. The van der Waals surface area contributed by atoms with E-state index in [9.17, 15) is 14.4 Å². The number of hydrogen-bond donors (Lipinski definition) is 1. The molecule has 0 spiro atoms. The molecule has 0 radical (unpaired) electrons. The smallest absolute Gasteiger partial charge is 0.409 e. The molecule has 0 aliphatic carbocycles. The second-order valence-corrected chi connectivity index (χ2v) is 4.70. The van der Waals surface area contributed by atoms with Crippen molar-refractivity contribution in [1.29, 1.82) is 0 Å². The quantitative estimate of drug-likeness (QED) is 0.724. The van der Waals surface area contributed by atoms with E-state index in [2.05, 4.69) is 5.32 Å². The van der Waals surface area contributed by atoms with Gasteiger partial charge in [-0.1, -0.05) is 0 Å². The van der Waals surface area contributed by atoms with Crippen molar-refractivity contribution in [2.24, 2.45) is 0 Å². The third kappa shape index (κ3) is 3.58. The Morgan fingerprint density at radius 3 is 2.18 bits per heavy atom. The van der Waals surface area contributed by atoms with E-state index in [1.807, 2.05) is 0 Å². The minimum absolute atomic E-state index is 0.446. The maximum absolute atomic E-state index is 11.4. The van der Waals surface area contributed by atoms with Gasteiger partial charge in [0.1, 0.15) is 11.8 Å². The van der Waals surface area contributed by atoms with Crippen LogP contribution in [0, 0.1) is 0 Å². The number of alkyl carbamates (subject to hydrolysis) is 1. The fourth-order valence-corrected chi connectivity index (χ4v) is 1.34. The molecule has 1 aliphatic heterocycles. The molecule has 0 aromatic carbocycles. The fourth-order valence-electron chi connectivity index (χ4n) is 1.34. The van der Waals surface area contributed by atoms with Crippen molar-refractivity contribution in [2.45, 2.75) is 39.5 Å². The summed E-state index contributed by atoms with van der Waals surface area (Å²) in [5, 5.41) is 2.42. The van der Waals surface area contributed by atoms with Crippen molar-refractivity contribution in [3.63, 3.8) is 0 Å². The molecule has 0 aromatic heterocycles. The van der Waals surface area contributed by atoms with Gasteiger partial charge in [-0.15, -0.1) is 0 Å². The molecule has 1 rings (SSSR count). The monoisotopic (exact) mass is 240 g/mol. The van der Waals surface area contributed by atoms with Gasteiger partial charge in [0.05, 0.1) is 0 Å². The highest BCUT2D eigenvalue weighted by Crippen LogP contribution is 2.10. The molecule has 1 unspecified atom stereocenters. The Kier molecular flexibility index (Phi) is 3.55. The number of ether oxygens (including phenoxy) is 1. The molecule has 94 valence electrons. The molecule has 1 aliphatic rings. The van der Waals surface area contributed by atoms with Crippen LogP contribution in [0.15, 0.2) is 12.2 Å². The zero-order valence-electron chi connectivity index (χ0n) is 10.3. The molecular weight excluding hydrogens is 224 g/mol. The predicted molar refractivity (Wildman–Crippen MR) is 59.8 cm³/mol. The zero-order valence-corrected chi connectivity index (χ0v) is 10.3. The third-order valence-electron chi connectivity index (χ3n) is 1.96. The highest BCUT2D eigenvalue weighted by atomic mass is 16.6. The molecule has 0 saturated heterocycles. The summed E-state index contributed by atoms with van der Waals surface area (Å²) in [4.78, 5) is 35.0. The van der Waals surface area contributed by atoms with Crippen molar-refractivity contribution in [1.82, 2.24) is 10.2 Å². The van der Waals surface area contributed by atoms with Crippen LogP contribution in [0.25, 0.3) is 0 Å². The van der Waals surface area contributed by atoms with Gasteiger partial charge in [-0.05, 0) is 27.7 Å². The van der Waals surface area contributed by atoms with E-state index in [0.29, 0.717) is 0 Å². The second-order valence-electron chi connectivity index (χ2n) is 4.70. The lowest BCUT2D eigenvalue weighted by atomic mass is 10.2. The lowest BCUT2D eigenvalue weighted by Crippen LogP contribution is -2.50. The predicted octanol–water partition coefficient (Wildman–Crippen LogP) is 0.782. The van der Waals surface area contributed by atoms with E-state index in [4.69, 9.17) is 4.74 Å². The van der Waals surface area contributed by atoms with Gasteiger partial charge in [0.2, 0.25) is 0 Å². The van der Waals surface area contributed by atoms with Gasteiger partial charge in [-0.25, -0.2) is 4.79 Å². The van der Waals surface area contributed by atoms with Crippen LogP contribution in [0.1, 0.15) is 27.7 Å². The van der Waals surface area contributed by atoms with Gasteiger partial charge in [0.25, 0.3) is 11.8 Å². The van der Waals surface area contributed by atoms with Crippen molar-refractivity contribution in [2.75, 3.05) is 0 Å². The Bertz CT molecular complexity index is 363. The van der Waals surface area contributed by atoms with E-state index in [1.54, 1.807) is 20.8 Å². The maximum atomic E-state index is 11.4. The van der Waals surface area contributed by atoms with Gasteiger partial charge < -0.3 is 10.1 Å². The van der Waals surface area contributed by atoms with E-state index in [-0.39, 0.29) is 0 Å².